The van der Waals surface area contributed by atoms with Crippen molar-refractivity contribution in [3.63, 3.8) is 0 Å². The van der Waals surface area contributed by atoms with Gasteiger partial charge in [0, 0.05) is 17.6 Å². The first-order chi connectivity index (χ1) is 10.5. The lowest BCUT2D eigenvalue weighted by atomic mass is 9.69. The molecule has 1 heterocycles. The van der Waals surface area contributed by atoms with Crippen LogP contribution in [0.5, 0.6) is 0 Å². The van der Waals surface area contributed by atoms with E-state index in [1.807, 2.05) is 30.4 Å². The van der Waals surface area contributed by atoms with Gasteiger partial charge < -0.3 is 5.11 Å². The van der Waals surface area contributed by atoms with Crippen LogP contribution in [0, 0.1) is 0 Å². The first-order valence-corrected chi connectivity index (χ1v) is 8.04. The molecule has 1 rings (SSSR count). The summed E-state index contributed by atoms with van der Waals surface area (Å²) in [4.78, 5) is 2.49. The maximum Gasteiger partial charge on any atom is 0.0576 e. The van der Waals surface area contributed by atoms with E-state index in [1.165, 1.54) is 0 Å². The monoisotopic (exact) mass is 301 g/mol. The Balaban J connectivity index is 3.41. The molecule has 0 spiro atoms. The van der Waals surface area contributed by atoms with Crippen LogP contribution in [-0.2, 0) is 0 Å². The molecule has 0 aliphatic carbocycles. The van der Waals surface area contributed by atoms with Crippen LogP contribution in [0.1, 0.15) is 38.5 Å². The SMILES string of the molecule is C=CCN1C(CC=C)(CC=C)CC(O)CC1(CC=C)CC=C. The minimum absolute atomic E-state index is 0.165. The largest absolute Gasteiger partial charge is 0.393 e. The molecule has 0 aromatic rings. The highest BCUT2D eigenvalue weighted by atomic mass is 16.3. The number of nitrogens with zero attached hydrogens (tertiary/aromatic N) is 1. The summed E-state index contributed by atoms with van der Waals surface area (Å²) in [6, 6.07) is 0. The molecular weight excluding hydrogens is 270 g/mol. The molecule has 2 heteroatoms. The summed E-state index contributed by atoms with van der Waals surface area (Å²) in [5, 5.41) is 10.6. The van der Waals surface area contributed by atoms with E-state index < -0.39 is 0 Å². The second-order valence-electron chi connectivity index (χ2n) is 6.38. The zero-order chi connectivity index (χ0) is 16.6. The molecule has 0 saturated carbocycles. The molecule has 0 atom stereocenters. The second kappa shape index (κ2) is 8.30. The Morgan fingerprint density at radius 3 is 1.41 bits per heavy atom. The third kappa shape index (κ3) is 3.68. The molecule has 2 nitrogen and oxygen atoms in total. The van der Waals surface area contributed by atoms with Crippen LogP contribution < -0.4 is 0 Å². The fourth-order valence-electron chi connectivity index (χ4n) is 4.20. The van der Waals surface area contributed by atoms with Crippen LogP contribution in [0.25, 0.3) is 0 Å². The Morgan fingerprint density at radius 1 is 0.773 bits per heavy atom. The average Bonchev–Trinajstić information content (AvgIpc) is 2.44. The number of rotatable bonds is 10. The lowest BCUT2D eigenvalue weighted by Crippen LogP contribution is -2.66. The summed E-state index contributed by atoms with van der Waals surface area (Å²) in [5.41, 5.74) is -0.331. The lowest BCUT2D eigenvalue weighted by molar-refractivity contribution is -0.101. The number of hydrogen-bond acceptors (Lipinski definition) is 2. The quantitative estimate of drug-likeness (QED) is 0.604. The maximum absolute atomic E-state index is 10.6. The molecular formula is C20H31NO. The van der Waals surface area contributed by atoms with Gasteiger partial charge in [-0.05, 0) is 38.5 Å². The highest BCUT2D eigenvalue weighted by Crippen LogP contribution is 2.46. The highest BCUT2D eigenvalue weighted by Gasteiger charge is 2.51. The van der Waals surface area contributed by atoms with Gasteiger partial charge in [0.25, 0.3) is 0 Å². The van der Waals surface area contributed by atoms with Gasteiger partial charge in [0.05, 0.1) is 6.10 Å². The molecule has 1 N–H and O–H groups in total. The van der Waals surface area contributed by atoms with Gasteiger partial charge in [0.1, 0.15) is 0 Å². The lowest BCUT2D eigenvalue weighted by Gasteiger charge is -2.59. The van der Waals surface area contributed by atoms with Gasteiger partial charge in [-0.25, -0.2) is 0 Å². The predicted octanol–water partition coefficient (Wildman–Crippen LogP) is 4.41. The standard InChI is InChI=1S/C20H31NO/c1-6-11-19(12-7-2)16-18(22)17-20(13-8-3,14-9-4)21(19)15-10-5/h6-10,18,22H,1-5,11-17H2. The third-order valence-corrected chi connectivity index (χ3v) is 4.79. The Labute approximate surface area is 136 Å². The second-order valence-corrected chi connectivity index (χ2v) is 6.38. The minimum atomic E-state index is -0.333. The van der Waals surface area contributed by atoms with Gasteiger partial charge in [-0.1, -0.05) is 30.4 Å². The number of hydrogen-bond donors (Lipinski definition) is 1. The van der Waals surface area contributed by atoms with Crippen LogP contribution in [0.3, 0.4) is 0 Å². The summed E-state index contributed by atoms with van der Waals surface area (Å²) in [6.45, 7) is 20.4. The summed E-state index contributed by atoms with van der Waals surface area (Å²) in [7, 11) is 0. The van der Waals surface area contributed by atoms with Gasteiger partial charge in [-0.2, -0.15) is 0 Å². The van der Waals surface area contributed by atoms with Crippen molar-refractivity contribution in [3.8, 4) is 0 Å². The van der Waals surface area contributed by atoms with Crippen molar-refractivity contribution >= 4 is 0 Å². The van der Waals surface area contributed by atoms with Crippen molar-refractivity contribution in [1.82, 2.24) is 4.90 Å². The van der Waals surface area contributed by atoms with Gasteiger partial charge in [0.15, 0.2) is 0 Å². The van der Waals surface area contributed by atoms with Gasteiger partial charge in [-0.15, -0.1) is 32.9 Å². The normalized spacial score (nSPS) is 21.0. The minimum Gasteiger partial charge on any atom is -0.393 e. The molecule has 0 radical (unpaired) electrons. The van der Waals surface area contributed by atoms with Crippen molar-refractivity contribution < 1.29 is 5.11 Å². The van der Waals surface area contributed by atoms with Crippen molar-refractivity contribution in [2.24, 2.45) is 0 Å². The van der Waals surface area contributed by atoms with E-state index in [1.54, 1.807) is 0 Å². The van der Waals surface area contributed by atoms with Crippen molar-refractivity contribution in [3.05, 3.63) is 63.3 Å². The summed E-state index contributed by atoms with van der Waals surface area (Å²) in [5.74, 6) is 0. The molecule has 0 bridgehead atoms. The first-order valence-electron chi connectivity index (χ1n) is 8.04. The number of likely N-dealkylation sites (tertiary alicyclic amines) is 1. The van der Waals surface area contributed by atoms with Crippen LogP contribution in [-0.4, -0.2) is 33.7 Å². The molecule has 1 aliphatic heterocycles. The topological polar surface area (TPSA) is 23.5 Å². The van der Waals surface area contributed by atoms with E-state index in [4.69, 9.17) is 0 Å². The Morgan fingerprint density at radius 2 is 1.14 bits per heavy atom. The molecule has 0 amide bonds. The highest BCUT2D eigenvalue weighted by molar-refractivity contribution is 5.15. The van der Waals surface area contributed by atoms with Crippen LogP contribution >= 0.6 is 0 Å². The van der Waals surface area contributed by atoms with Crippen molar-refractivity contribution in [2.75, 3.05) is 6.54 Å². The Kier molecular flexibility index (Phi) is 7.05. The van der Waals surface area contributed by atoms with E-state index in [-0.39, 0.29) is 17.2 Å². The smallest absolute Gasteiger partial charge is 0.0576 e. The average molecular weight is 301 g/mol. The van der Waals surface area contributed by atoms with Gasteiger partial charge in [-0.3, -0.25) is 4.90 Å². The zero-order valence-corrected chi connectivity index (χ0v) is 13.8. The third-order valence-electron chi connectivity index (χ3n) is 4.79. The molecule has 0 aromatic carbocycles. The van der Waals surface area contributed by atoms with Crippen LogP contribution in [0.15, 0.2) is 63.3 Å². The molecule has 22 heavy (non-hydrogen) atoms. The van der Waals surface area contributed by atoms with E-state index in [2.05, 4.69) is 37.8 Å². The summed E-state index contributed by atoms with van der Waals surface area (Å²) < 4.78 is 0. The predicted molar refractivity (Wildman–Crippen MR) is 96.9 cm³/mol. The maximum atomic E-state index is 10.6. The molecule has 1 aliphatic rings. The van der Waals surface area contributed by atoms with Crippen LogP contribution in [0.4, 0.5) is 0 Å². The number of piperidine rings is 1. The molecule has 0 aromatic heterocycles. The van der Waals surface area contributed by atoms with Gasteiger partial charge >= 0.3 is 0 Å². The first kappa shape index (κ1) is 18.7. The number of aliphatic hydroxyl groups excluding tert-OH is 1. The molecule has 1 fully saturated rings. The number of aliphatic hydroxyl groups is 1. The fraction of sp³-hybridized carbons (Fsp3) is 0.500. The van der Waals surface area contributed by atoms with Crippen molar-refractivity contribution in [1.29, 1.82) is 0 Å². The fourth-order valence-corrected chi connectivity index (χ4v) is 4.20. The molecule has 122 valence electrons. The molecule has 1 saturated heterocycles. The zero-order valence-electron chi connectivity index (χ0n) is 13.8. The Bertz CT molecular complexity index is 369. The van der Waals surface area contributed by atoms with Crippen LogP contribution in [0.2, 0.25) is 0 Å². The van der Waals surface area contributed by atoms with E-state index in [0.29, 0.717) is 0 Å². The summed E-state index contributed by atoms with van der Waals surface area (Å²) >= 11 is 0. The molecule has 0 unspecified atom stereocenters. The van der Waals surface area contributed by atoms with Gasteiger partial charge in [0.2, 0.25) is 0 Å². The van der Waals surface area contributed by atoms with Crippen molar-refractivity contribution in [2.45, 2.75) is 55.7 Å². The van der Waals surface area contributed by atoms with E-state index in [9.17, 15) is 5.11 Å². The Hall–Kier alpha value is -1.38. The van der Waals surface area contributed by atoms with E-state index >= 15 is 0 Å². The summed E-state index contributed by atoms with van der Waals surface area (Å²) in [6.07, 6.45) is 14.1. The van der Waals surface area contributed by atoms with E-state index in [0.717, 1.165) is 45.1 Å².